The van der Waals surface area contributed by atoms with Crippen molar-refractivity contribution in [2.75, 3.05) is 19.6 Å². The van der Waals surface area contributed by atoms with Crippen LogP contribution < -0.4 is 5.32 Å². The highest BCUT2D eigenvalue weighted by molar-refractivity contribution is 5.94. The van der Waals surface area contributed by atoms with Gasteiger partial charge in [-0.25, -0.2) is 0 Å². The number of amides is 1. The Kier molecular flexibility index (Phi) is 6.60. The molecule has 1 amide bonds. The minimum absolute atomic E-state index is 0.127. The molecule has 1 aliphatic heterocycles. The van der Waals surface area contributed by atoms with Crippen LogP contribution in [0.3, 0.4) is 0 Å². The van der Waals surface area contributed by atoms with Crippen molar-refractivity contribution >= 4 is 5.91 Å². The van der Waals surface area contributed by atoms with E-state index in [9.17, 15) is 9.90 Å². The lowest BCUT2D eigenvalue weighted by Gasteiger charge is -2.35. The first-order valence-electron chi connectivity index (χ1n) is 11.9. The predicted octanol–water partition coefficient (Wildman–Crippen LogP) is 3.06. The number of hydrogen-bond donors (Lipinski definition) is 2. The number of aryl methyl sites for hydroxylation is 1. The van der Waals surface area contributed by atoms with E-state index in [0.29, 0.717) is 18.3 Å². The van der Waals surface area contributed by atoms with E-state index in [1.165, 1.54) is 18.5 Å². The molecule has 162 valence electrons. The Morgan fingerprint density at radius 1 is 1.17 bits per heavy atom. The molecular formula is C23H38N4O2. The number of carbonyl (C=O) groups excluding carboxylic acids is 1. The van der Waals surface area contributed by atoms with E-state index >= 15 is 0 Å². The minimum Gasteiger partial charge on any atom is -0.389 e. The minimum atomic E-state index is -0.544. The maximum Gasteiger partial charge on any atom is 0.274 e. The van der Waals surface area contributed by atoms with Crippen molar-refractivity contribution in [3.8, 4) is 0 Å². The molecule has 0 radical (unpaired) electrons. The number of aliphatic hydroxyl groups is 1. The van der Waals surface area contributed by atoms with Gasteiger partial charge in [0.2, 0.25) is 0 Å². The van der Waals surface area contributed by atoms with Crippen molar-refractivity contribution in [1.29, 1.82) is 0 Å². The molecule has 3 aliphatic rings. The molecule has 1 unspecified atom stereocenters. The summed E-state index contributed by atoms with van der Waals surface area (Å²) in [7, 11) is 0. The second-order valence-electron chi connectivity index (χ2n) is 9.46. The van der Waals surface area contributed by atoms with Crippen LogP contribution in [0.4, 0.5) is 0 Å². The van der Waals surface area contributed by atoms with Crippen molar-refractivity contribution < 1.29 is 9.90 Å². The normalized spacial score (nSPS) is 24.3. The van der Waals surface area contributed by atoms with Gasteiger partial charge in [-0.15, -0.1) is 0 Å². The summed E-state index contributed by atoms with van der Waals surface area (Å²) in [4.78, 5) is 15.2. The number of hydrogen-bond acceptors (Lipinski definition) is 4. The average Bonchev–Trinajstić information content (AvgIpc) is 3.11. The molecule has 0 spiro atoms. The van der Waals surface area contributed by atoms with E-state index in [1.54, 1.807) is 0 Å². The first-order valence-corrected chi connectivity index (χ1v) is 11.9. The molecule has 1 saturated carbocycles. The summed E-state index contributed by atoms with van der Waals surface area (Å²) < 4.78 is 2.09. The molecule has 29 heavy (non-hydrogen) atoms. The van der Waals surface area contributed by atoms with Gasteiger partial charge < -0.3 is 15.3 Å². The second kappa shape index (κ2) is 9.17. The van der Waals surface area contributed by atoms with Crippen LogP contribution in [0.15, 0.2) is 0 Å². The monoisotopic (exact) mass is 402 g/mol. The zero-order chi connectivity index (χ0) is 20.3. The highest BCUT2D eigenvalue weighted by Gasteiger charge is 2.34. The number of piperidine rings is 1. The Morgan fingerprint density at radius 3 is 2.62 bits per heavy atom. The summed E-state index contributed by atoms with van der Waals surface area (Å²) in [5, 5.41) is 19.3. The number of rotatable bonds is 6. The molecule has 0 bridgehead atoms. The van der Waals surface area contributed by atoms with Gasteiger partial charge in [-0.3, -0.25) is 9.48 Å². The van der Waals surface area contributed by atoms with Crippen molar-refractivity contribution in [3.05, 3.63) is 17.0 Å². The fourth-order valence-electron chi connectivity index (χ4n) is 5.40. The lowest BCUT2D eigenvalue weighted by Crippen LogP contribution is -2.47. The first-order chi connectivity index (χ1) is 14.1. The average molecular weight is 403 g/mol. The van der Waals surface area contributed by atoms with Gasteiger partial charge in [0.25, 0.3) is 5.91 Å². The third kappa shape index (κ3) is 4.69. The van der Waals surface area contributed by atoms with Crippen LogP contribution in [-0.4, -0.2) is 57.0 Å². The van der Waals surface area contributed by atoms with Crippen molar-refractivity contribution in [1.82, 2.24) is 20.0 Å². The summed E-state index contributed by atoms with van der Waals surface area (Å²) >= 11 is 0. The quantitative estimate of drug-likeness (QED) is 0.767. The molecule has 2 fully saturated rings. The van der Waals surface area contributed by atoms with Crippen LogP contribution in [0.1, 0.15) is 92.9 Å². The topological polar surface area (TPSA) is 70.4 Å². The van der Waals surface area contributed by atoms with Crippen LogP contribution >= 0.6 is 0 Å². The predicted molar refractivity (Wildman–Crippen MR) is 114 cm³/mol. The van der Waals surface area contributed by atoms with Gasteiger partial charge in [0.05, 0.1) is 5.60 Å². The summed E-state index contributed by atoms with van der Waals surface area (Å²) in [5.41, 5.74) is 2.57. The molecule has 4 rings (SSSR count). The van der Waals surface area contributed by atoms with E-state index in [0.717, 1.165) is 89.4 Å². The molecule has 1 aromatic rings. The molecule has 6 heteroatoms. The Morgan fingerprint density at radius 2 is 1.90 bits per heavy atom. The van der Waals surface area contributed by atoms with Gasteiger partial charge in [-0.2, -0.15) is 5.10 Å². The van der Waals surface area contributed by atoms with E-state index in [2.05, 4.69) is 16.9 Å². The third-order valence-electron chi connectivity index (χ3n) is 7.13. The summed E-state index contributed by atoms with van der Waals surface area (Å²) in [6.45, 7) is 5.45. The van der Waals surface area contributed by atoms with E-state index < -0.39 is 5.60 Å². The molecular weight excluding hydrogens is 364 g/mol. The number of nitrogens with zero attached hydrogens (tertiary/aromatic N) is 3. The van der Waals surface area contributed by atoms with Crippen molar-refractivity contribution in [2.45, 2.75) is 102 Å². The Bertz CT molecular complexity index is 702. The van der Waals surface area contributed by atoms with Crippen LogP contribution in [0.2, 0.25) is 0 Å². The first kappa shape index (κ1) is 20.9. The zero-order valence-corrected chi connectivity index (χ0v) is 18.1. The van der Waals surface area contributed by atoms with Crippen LogP contribution in [0.25, 0.3) is 0 Å². The molecule has 2 heterocycles. The number of likely N-dealkylation sites (tertiary alicyclic amines) is 1. The molecule has 1 saturated heterocycles. The summed E-state index contributed by atoms with van der Waals surface area (Å²) in [6, 6.07) is 0.320. The fraction of sp³-hybridized carbons (Fsp3) is 0.826. The SMILES string of the molecule is CCCn1nc(C(=O)N2CCCCC2)c2c1CCC(NCC1(O)CCCCC1)C2. The van der Waals surface area contributed by atoms with Crippen molar-refractivity contribution in [3.63, 3.8) is 0 Å². The number of aromatic nitrogens is 2. The highest BCUT2D eigenvalue weighted by atomic mass is 16.3. The van der Waals surface area contributed by atoms with Gasteiger partial charge in [-0.1, -0.05) is 26.2 Å². The largest absolute Gasteiger partial charge is 0.389 e. The molecule has 1 atom stereocenters. The smallest absolute Gasteiger partial charge is 0.274 e. The van der Waals surface area contributed by atoms with Gasteiger partial charge in [0.15, 0.2) is 5.69 Å². The lowest BCUT2D eigenvalue weighted by atomic mass is 9.84. The standard InChI is InChI=1S/C23H38N4O2/c1-2-13-27-20-10-9-18(24-17-23(29)11-5-3-6-12-23)16-19(20)21(25-27)22(28)26-14-7-4-8-15-26/h18,24,29H,2-17H2,1H3. The molecule has 1 aromatic heterocycles. The molecule has 2 aliphatic carbocycles. The summed E-state index contributed by atoms with van der Waals surface area (Å²) in [6.07, 6.45) is 12.6. The van der Waals surface area contributed by atoms with Gasteiger partial charge >= 0.3 is 0 Å². The van der Waals surface area contributed by atoms with Gasteiger partial charge in [0.1, 0.15) is 0 Å². The van der Waals surface area contributed by atoms with Gasteiger partial charge in [0, 0.05) is 43.5 Å². The van der Waals surface area contributed by atoms with Crippen LogP contribution in [0, 0.1) is 0 Å². The molecule has 2 N–H and O–H groups in total. The Balaban J connectivity index is 1.48. The maximum atomic E-state index is 13.2. The zero-order valence-electron chi connectivity index (χ0n) is 18.1. The number of nitrogens with one attached hydrogen (secondary N) is 1. The second-order valence-corrected chi connectivity index (χ2v) is 9.46. The number of carbonyl (C=O) groups is 1. The van der Waals surface area contributed by atoms with E-state index in [1.807, 2.05) is 4.90 Å². The van der Waals surface area contributed by atoms with Gasteiger partial charge in [-0.05, 0) is 57.8 Å². The third-order valence-corrected chi connectivity index (χ3v) is 7.13. The Hall–Kier alpha value is -1.40. The molecule has 0 aromatic carbocycles. The summed E-state index contributed by atoms with van der Waals surface area (Å²) in [5.74, 6) is 0.127. The lowest BCUT2D eigenvalue weighted by molar-refractivity contribution is 0.00227. The van der Waals surface area contributed by atoms with Crippen LogP contribution in [-0.2, 0) is 19.4 Å². The maximum absolute atomic E-state index is 13.2. The number of fused-ring (bicyclic) bond motifs is 1. The Labute approximate surface area is 175 Å². The van der Waals surface area contributed by atoms with Crippen molar-refractivity contribution in [2.24, 2.45) is 0 Å². The fourth-order valence-corrected chi connectivity index (χ4v) is 5.40. The van der Waals surface area contributed by atoms with E-state index in [4.69, 9.17) is 5.10 Å². The van der Waals surface area contributed by atoms with E-state index in [-0.39, 0.29) is 5.91 Å². The molecule has 6 nitrogen and oxygen atoms in total. The van der Waals surface area contributed by atoms with Crippen LogP contribution in [0.5, 0.6) is 0 Å². The highest BCUT2D eigenvalue weighted by Crippen LogP contribution is 2.30.